The Labute approximate surface area is 119 Å². The number of hydrogen-bond donors (Lipinski definition) is 1. The van der Waals surface area contributed by atoms with Gasteiger partial charge in [-0.3, -0.25) is 4.79 Å². The summed E-state index contributed by atoms with van der Waals surface area (Å²) >= 11 is 1.51. The summed E-state index contributed by atoms with van der Waals surface area (Å²) in [6.07, 6.45) is 0. The van der Waals surface area contributed by atoms with Crippen molar-refractivity contribution < 1.29 is 13.6 Å². The number of anilines is 1. The van der Waals surface area contributed by atoms with Crippen molar-refractivity contribution in [3.8, 4) is 0 Å². The molecule has 0 unspecified atom stereocenters. The topological polar surface area (TPSA) is 46.3 Å². The van der Waals surface area contributed by atoms with Crippen molar-refractivity contribution in [1.29, 1.82) is 0 Å². The number of rotatable bonds is 3. The SMILES string of the molecule is Cc1ccsc1CN(C)C(=O)c1cc(F)cc(N)c1F. The highest BCUT2D eigenvalue weighted by Gasteiger charge is 2.20. The van der Waals surface area contributed by atoms with Gasteiger partial charge in [0.1, 0.15) is 5.82 Å². The third-order valence-electron chi connectivity index (χ3n) is 2.99. The minimum atomic E-state index is -0.883. The van der Waals surface area contributed by atoms with E-state index in [1.807, 2.05) is 18.4 Å². The van der Waals surface area contributed by atoms with Gasteiger partial charge in [-0.2, -0.15) is 0 Å². The largest absolute Gasteiger partial charge is 0.396 e. The molecule has 0 atom stereocenters. The van der Waals surface area contributed by atoms with Crippen LogP contribution in [0, 0.1) is 18.6 Å². The Hall–Kier alpha value is -1.95. The van der Waals surface area contributed by atoms with Crippen molar-refractivity contribution in [1.82, 2.24) is 4.90 Å². The van der Waals surface area contributed by atoms with E-state index in [4.69, 9.17) is 5.73 Å². The molecule has 106 valence electrons. The molecule has 0 aliphatic rings. The van der Waals surface area contributed by atoms with Gasteiger partial charge in [-0.25, -0.2) is 8.78 Å². The van der Waals surface area contributed by atoms with Gasteiger partial charge in [0, 0.05) is 11.9 Å². The Morgan fingerprint density at radius 2 is 2.10 bits per heavy atom. The molecular formula is C14H14F2N2OS. The Balaban J connectivity index is 2.25. The second-order valence-corrected chi connectivity index (χ2v) is 5.55. The Morgan fingerprint density at radius 3 is 2.70 bits per heavy atom. The number of nitrogen functional groups attached to an aromatic ring is 1. The quantitative estimate of drug-likeness (QED) is 0.884. The van der Waals surface area contributed by atoms with Gasteiger partial charge in [0.15, 0.2) is 5.82 Å². The molecule has 1 heterocycles. The predicted octanol–water partition coefficient (Wildman–Crippen LogP) is 3.19. The summed E-state index contributed by atoms with van der Waals surface area (Å²) in [5, 5.41) is 1.92. The van der Waals surface area contributed by atoms with Crippen LogP contribution in [0.25, 0.3) is 0 Å². The zero-order chi connectivity index (χ0) is 14.9. The number of hydrogen-bond acceptors (Lipinski definition) is 3. The summed E-state index contributed by atoms with van der Waals surface area (Å²) < 4.78 is 27.1. The normalized spacial score (nSPS) is 10.6. The van der Waals surface area contributed by atoms with E-state index in [1.54, 1.807) is 7.05 Å². The molecule has 1 aromatic heterocycles. The highest BCUT2D eigenvalue weighted by atomic mass is 32.1. The molecule has 0 radical (unpaired) electrons. The maximum Gasteiger partial charge on any atom is 0.257 e. The molecule has 2 aromatic rings. The molecule has 0 saturated carbocycles. The maximum absolute atomic E-state index is 13.8. The first-order chi connectivity index (χ1) is 9.40. The molecule has 0 aliphatic heterocycles. The lowest BCUT2D eigenvalue weighted by Crippen LogP contribution is -2.27. The average Bonchev–Trinajstić information content (AvgIpc) is 2.78. The van der Waals surface area contributed by atoms with Crippen LogP contribution in [0.2, 0.25) is 0 Å². The van der Waals surface area contributed by atoms with Crippen molar-refractivity contribution >= 4 is 22.9 Å². The highest BCUT2D eigenvalue weighted by Crippen LogP contribution is 2.21. The Kier molecular flexibility index (Phi) is 4.04. The van der Waals surface area contributed by atoms with Crippen LogP contribution in [0.1, 0.15) is 20.8 Å². The first-order valence-electron chi connectivity index (χ1n) is 5.93. The van der Waals surface area contributed by atoms with E-state index < -0.39 is 17.5 Å². The number of benzene rings is 1. The van der Waals surface area contributed by atoms with Crippen LogP contribution in [0.15, 0.2) is 23.6 Å². The van der Waals surface area contributed by atoms with Gasteiger partial charge in [0.05, 0.1) is 17.8 Å². The number of amides is 1. The van der Waals surface area contributed by atoms with E-state index in [-0.39, 0.29) is 11.3 Å². The highest BCUT2D eigenvalue weighted by molar-refractivity contribution is 7.10. The minimum absolute atomic E-state index is 0.345. The maximum atomic E-state index is 13.8. The Bertz CT molecular complexity index is 655. The molecule has 2 N–H and O–H groups in total. The zero-order valence-electron chi connectivity index (χ0n) is 11.1. The molecule has 0 saturated heterocycles. The molecule has 3 nitrogen and oxygen atoms in total. The fourth-order valence-electron chi connectivity index (χ4n) is 1.82. The van der Waals surface area contributed by atoms with Crippen LogP contribution < -0.4 is 5.73 Å². The van der Waals surface area contributed by atoms with Crippen LogP contribution in [-0.4, -0.2) is 17.9 Å². The van der Waals surface area contributed by atoms with Gasteiger partial charge in [-0.1, -0.05) is 0 Å². The van der Waals surface area contributed by atoms with E-state index in [0.29, 0.717) is 6.54 Å². The molecule has 0 aliphatic carbocycles. The van der Waals surface area contributed by atoms with Gasteiger partial charge in [-0.05, 0) is 36.1 Å². The lowest BCUT2D eigenvalue weighted by atomic mass is 10.1. The monoisotopic (exact) mass is 296 g/mol. The fourth-order valence-corrected chi connectivity index (χ4v) is 2.78. The first kappa shape index (κ1) is 14.5. The molecule has 6 heteroatoms. The number of carbonyl (C=O) groups excluding carboxylic acids is 1. The van der Waals surface area contributed by atoms with E-state index in [0.717, 1.165) is 22.6 Å². The summed E-state index contributed by atoms with van der Waals surface area (Å²) in [6, 6.07) is 3.67. The van der Waals surface area contributed by atoms with Crippen molar-refractivity contribution in [2.45, 2.75) is 13.5 Å². The lowest BCUT2D eigenvalue weighted by molar-refractivity contribution is 0.0781. The fraction of sp³-hybridized carbons (Fsp3) is 0.214. The van der Waals surface area contributed by atoms with Crippen LogP contribution in [0.5, 0.6) is 0 Å². The lowest BCUT2D eigenvalue weighted by Gasteiger charge is -2.17. The summed E-state index contributed by atoms with van der Waals surface area (Å²) in [4.78, 5) is 14.5. The number of carbonyl (C=O) groups is 1. The number of halogens is 2. The standard InChI is InChI=1S/C14H14F2N2OS/c1-8-3-4-20-12(8)7-18(2)14(19)10-5-9(15)6-11(17)13(10)16/h3-6H,7,17H2,1-2H3. The van der Waals surface area contributed by atoms with Crippen molar-refractivity contribution in [3.05, 3.63) is 51.2 Å². The third-order valence-corrected chi connectivity index (χ3v) is 4.00. The van der Waals surface area contributed by atoms with Gasteiger partial charge in [-0.15, -0.1) is 11.3 Å². The van der Waals surface area contributed by atoms with Crippen LogP contribution in [0.4, 0.5) is 14.5 Å². The van der Waals surface area contributed by atoms with E-state index in [2.05, 4.69) is 0 Å². The second-order valence-electron chi connectivity index (χ2n) is 4.54. The zero-order valence-corrected chi connectivity index (χ0v) is 11.9. The summed E-state index contributed by atoms with van der Waals surface area (Å²) in [5.41, 5.74) is 5.69. The molecular weight excluding hydrogens is 282 g/mol. The van der Waals surface area contributed by atoms with E-state index in [9.17, 15) is 13.6 Å². The van der Waals surface area contributed by atoms with Gasteiger partial charge in [0.25, 0.3) is 5.91 Å². The molecule has 1 aromatic carbocycles. The molecule has 1 amide bonds. The summed E-state index contributed by atoms with van der Waals surface area (Å²) in [6.45, 7) is 2.28. The molecule has 20 heavy (non-hydrogen) atoms. The second kappa shape index (κ2) is 5.58. The number of thiophene rings is 1. The molecule has 0 spiro atoms. The van der Waals surface area contributed by atoms with Crippen LogP contribution in [-0.2, 0) is 6.54 Å². The average molecular weight is 296 g/mol. The van der Waals surface area contributed by atoms with E-state index in [1.165, 1.54) is 16.2 Å². The number of nitrogens with zero attached hydrogens (tertiary/aromatic N) is 1. The minimum Gasteiger partial charge on any atom is -0.396 e. The predicted molar refractivity (Wildman–Crippen MR) is 75.6 cm³/mol. The third kappa shape index (κ3) is 2.80. The molecule has 0 bridgehead atoms. The first-order valence-corrected chi connectivity index (χ1v) is 6.81. The van der Waals surface area contributed by atoms with Crippen LogP contribution >= 0.6 is 11.3 Å². The van der Waals surface area contributed by atoms with Crippen molar-refractivity contribution in [2.75, 3.05) is 12.8 Å². The van der Waals surface area contributed by atoms with Gasteiger partial charge in [0.2, 0.25) is 0 Å². The summed E-state index contributed by atoms with van der Waals surface area (Å²) in [7, 11) is 1.54. The Morgan fingerprint density at radius 1 is 1.40 bits per heavy atom. The van der Waals surface area contributed by atoms with Crippen molar-refractivity contribution in [3.63, 3.8) is 0 Å². The van der Waals surface area contributed by atoms with E-state index >= 15 is 0 Å². The van der Waals surface area contributed by atoms with Crippen LogP contribution in [0.3, 0.4) is 0 Å². The number of nitrogens with two attached hydrogens (primary N) is 1. The molecule has 2 rings (SSSR count). The van der Waals surface area contributed by atoms with Gasteiger partial charge >= 0.3 is 0 Å². The number of aryl methyl sites for hydroxylation is 1. The smallest absolute Gasteiger partial charge is 0.257 e. The summed E-state index contributed by atoms with van der Waals surface area (Å²) in [5.74, 6) is -2.21. The van der Waals surface area contributed by atoms with Crippen molar-refractivity contribution in [2.24, 2.45) is 0 Å². The van der Waals surface area contributed by atoms with Gasteiger partial charge < -0.3 is 10.6 Å². The molecule has 0 fully saturated rings.